The number of benzene rings is 1. The predicted octanol–water partition coefficient (Wildman–Crippen LogP) is 3.57. The van der Waals surface area contributed by atoms with Crippen molar-refractivity contribution >= 4 is 16.9 Å². The van der Waals surface area contributed by atoms with Crippen molar-refractivity contribution in [2.24, 2.45) is 5.41 Å². The van der Waals surface area contributed by atoms with Crippen LogP contribution in [-0.4, -0.2) is 39.5 Å². The first kappa shape index (κ1) is 16.4. The van der Waals surface area contributed by atoms with Crippen LogP contribution < -0.4 is 0 Å². The number of alkyl halides is 3. The first-order valence-corrected chi connectivity index (χ1v) is 8.40. The zero-order valence-corrected chi connectivity index (χ0v) is 14.4. The molecule has 0 radical (unpaired) electrons. The molecule has 1 saturated heterocycles. The lowest BCUT2D eigenvalue weighted by molar-refractivity contribution is -0.195. The third-order valence-corrected chi connectivity index (χ3v) is 6.64. The van der Waals surface area contributed by atoms with Gasteiger partial charge in [-0.15, -0.1) is 0 Å². The fourth-order valence-electron chi connectivity index (χ4n) is 4.75. The van der Waals surface area contributed by atoms with Crippen molar-refractivity contribution in [1.29, 1.82) is 0 Å². The molecular formula is C18H20F3N3O. The highest BCUT2D eigenvalue weighted by Crippen LogP contribution is 2.56. The van der Waals surface area contributed by atoms with E-state index < -0.39 is 23.5 Å². The third kappa shape index (κ3) is 2.07. The number of aromatic amines is 1. The van der Waals surface area contributed by atoms with Crippen LogP contribution >= 0.6 is 0 Å². The minimum absolute atomic E-state index is 0.126. The molecule has 2 atom stereocenters. The van der Waals surface area contributed by atoms with E-state index in [1.165, 1.54) is 0 Å². The second kappa shape index (κ2) is 4.77. The van der Waals surface area contributed by atoms with E-state index in [1.807, 2.05) is 19.9 Å². The first-order chi connectivity index (χ1) is 11.6. The van der Waals surface area contributed by atoms with Gasteiger partial charge in [0.05, 0.1) is 17.4 Å². The molecule has 25 heavy (non-hydrogen) atoms. The first-order valence-electron chi connectivity index (χ1n) is 8.40. The number of carbonyl (C=O) groups is 1. The van der Waals surface area contributed by atoms with Crippen molar-refractivity contribution in [3.8, 4) is 0 Å². The largest absolute Gasteiger partial charge is 0.471 e. The van der Waals surface area contributed by atoms with Crippen LogP contribution in [0.3, 0.4) is 0 Å². The number of rotatable bonds is 0. The van der Waals surface area contributed by atoms with Crippen molar-refractivity contribution in [1.82, 2.24) is 14.9 Å². The number of hydrogen-bond donors (Lipinski definition) is 1. The average molecular weight is 351 g/mol. The topological polar surface area (TPSA) is 49.0 Å². The van der Waals surface area contributed by atoms with Gasteiger partial charge < -0.3 is 9.88 Å². The van der Waals surface area contributed by atoms with Gasteiger partial charge in [0, 0.05) is 18.0 Å². The SMILES string of the molecule is CC1(C)[C@@H]2Cc3cc4[nH]cnc4cc3[C@]1(C)CCN2C(=O)C(F)(F)F. The highest BCUT2D eigenvalue weighted by atomic mass is 19.4. The number of carbonyl (C=O) groups excluding carboxylic acids is 1. The fraction of sp³-hybridized carbons (Fsp3) is 0.556. The van der Waals surface area contributed by atoms with Gasteiger partial charge in [-0.25, -0.2) is 4.98 Å². The van der Waals surface area contributed by atoms with E-state index in [1.54, 1.807) is 6.33 Å². The molecule has 7 heteroatoms. The fourth-order valence-corrected chi connectivity index (χ4v) is 4.75. The Hall–Kier alpha value is -2.05. The molecule has 2 aromatic rings. The molecule has 4 nitrogen and oxygen atoms in total. The van der Waals surface area contributed by atoms with Gasteiger partial charge in [0.1, 0.15) is 0 Å². The lowest BCUT2D eigenvalue weighted by atomic mass is 9.51. The summed E-state index contributed by atoms with van der Waals surface area (Å²) >= 11 is 0. The van der Waals surface area contributed by atoms with Crippen molar-refractivity contribution in [3.05, 3.63) is 29.6 Å². The standard InChI is InChI=1S/C18H20F3N3O/c1-16(2)14-7-10-6-12-13(23-9-22-12)8-11(10)17(16,3)4-5-24(14)15(25)18(19,20)21/h6,8-9,14H,4-5,7H2,1-3H3,(H,22,23)/t14-,17-/m0/s1. The minimum atomic E-state index is -4.84. The summed E-state index contributed by atoms with van der Waals surface area (Å²) in [4.78, 5) is 20.4. The van der Waals surface area contributed by atoms with Crippen LogP contribution in [-0.2, 0) is 16.6 Å². The number of fused-ring (bicyclic) bond motifs is 5. The lowest BCUT2D eigenvalue weighted by Gasteiger charge is -2.60. The Bertz CT molecular complexity index is 870. The van der Waals surface area contributed by atoms with Crippen LogP contribution in [0.5, 0.6) is 0 Å². The Morgan fingerprint density at radius 3 is 2.72 bits per heavy atom. The molecule has 1 aromatic heterocycles. The molecule has 1 amide bonds. The number of halogens is 3. The van der Waals surface area contributed by atoms with Crippen molar-refractivity contribution < 1.29 is 18.0 Å². The van der Waals surface area contributed by atoms with E-state index in [0.29, 0.717) is 12.8 Å². The van der Waals surface area contributed by atoms with Gasteiger partial charge >= 0.3 is 12.1 Å². The Kier molecular flexibility index (Phi) is 3.13. The van der Waals surface area contributed by atoms with Gasteiger partial charge in [-0.3, -0.25) is 4.79 Å². The van der Waals surface area contributed by atoms with Crippen molar-refractivity contribution in [3.63, 3.8) is 0 Å². The van der Waals surface area contributed by atoms with Gasteiger partial charge in [-0.1, -0.05) is 20.8 Å². The summed E-state index contributed by atoms with van der Waals surface area (Å²) in [6.45, 7) is 6.18. The van der Waals surface area contributed by atoms with Crippen LogP contribution in [0.25, 0.3) is 11.0 Å². The molecule has 0 saturated carbocycles. The quantitative estimate of drug-likeness (QED) is 0.789. The molecule has 1 aliphatic carbocycles. The Morgan fingerprint density at radius 1 is 1.32 bits per heavy atom. The summed E-state index contributed by atoms with van der Waals surface area (Å²) in [7, 11) is 0. The van der Waals surface area contributed by atoms with Gasteiger partial charge in [-0.05, 0) is 41.5 Å². The highest BCUT2D eigenvalue weighted by molar-refractivity contribution is 5.83. The number of nitrogens with zero attached hydrogens (tertiary/aromatic N) is 2. The van der Waals surface area contributed by atoms with Crippen LogP contribution in [0.4, 0.5) is 13.2 Å². The second-order valence-corrected chi connectivity index (χ2v) is 7.95. The molecule has 0 unspecified atom stereocenters. The Balaban J connectivity index is 1.87. The summed E-state index contributed by atoms with van der Waals surface area (Å²) in [5, 5.41) is 0. The Labute approximate surface area is 143 Å². The third-order valence-electron chi connectivity index (χ3n) is 6.64. The number of amides is 1. The normalized spacial score (nSPS) is 28.1. The molecule has 1 aliphatic heterocycles. The number of aromatic nitrogens is 2. The van der Waals surface area contributed by atoms with Gasteiger partial charge in [-0.2, -0.15) is 13.2 Å². The van der Waals surface area contributed by atoms with E-state index in [0.717, 1.165) is 27.1 Å². The number of likely N-dealkylation sites (tertiary alicyclic amines) is 1. The molecule has 1 N–H and O–H groups in total. The molecule has 2 bridgehead atoms. The molecule has 4 rings (SSSR count). The van der Waals surface area contributed by atoms with Crippen LogP contribution in [0.15, 0.2) is 18.5 Å². The van der Waals surface area contributed by atoms with Gasteiger partial charge in [0.25, 0.3) is 0 Å². The molecule has 134 valence electrons. The van der Waals surface area contributed by atoms with Crippen molar-refractivity contribution in [2.45, 2.75) is 51.2 Å². The van der Waals surface area contributed by atoms with Gasteiger partial charge in [0.2, 0.25) is 0 Å². The zero-order valence-electron chi connectivity index (χ0n) is 14.4. The summed E-state index contributed by atoms with van der Waals surface area (Å²) in [6.07, 6.45) is -2.29. The van der Waals surface area contributed by atoms with E-state index in [-0.39, 0.29) is 12.0 Å². The molecule has 1 fully saturated rings. The maximum absolute atomic E-state index is 13.1. The molecule has 2 aliphatic rings. The highest BCUT2D eigenvalue weighted by Gasteiger charge is 2.59. The molecule has 1 aromatic carbocycles. The smallest absolute Gasteiger partial charge is 0.345 e. The maximum Gasteiger partial charge on any atom is 0.471 e. The van der Waals surface area contributed by atoms with Gasteiger partial charge in [0.15, 0.2) is 0 Å². The average Bonchev–Trinajstić information content (AvgIpc) is 2.95. The molecule has 2 heterocycles. The Morgan fingerprint density at radius 2 is 2.04 bits per heavy atom. The van der Waals surface area contributed by atoms with Crippen LogP contribution in [0.2, 0.25) is 0 Å². The molecule has 0 spiro atoms. The predicted molar refractivity (Wildman–Crippen MR) is 87.1 cm³/mol. The lowest BCUT2D eigenvalue weighted by Crippen LogP contribution is -2.66. The van der Waals surface area contributed by atoms with E-state index in [9.17, 15) is 18.0 Å². The summed E-state index contributed by atoms with van der Waals surface area (Å²) in [5.74, 6) is -1.72. The van der Waals surface area contributed by atoms with E-state index in [2.05, 4.69) is 23.0 Å². The summed E-state index contributed by atoms with van der Waals surface area (Å²) in [6, 6.07) is 3.55. The number of hydrogen-bond acceptors (Lipinski definition) is 2. The molecular weight excluding hydrogens is 331 g/mol. The summed E-state index contributed by atoms with van der Waals surface area (Å²) < 4.78 is 39.2. The number of imidazole rings is 1. The number of H-pyrrole nitrogens is 1. The number of piperidine rings is 1. The van der Waals surface area contributed by atoms with Crippen LogP contribution in [0, 0.1) is 5.41 Å². The van der Waals surface area contributed by atoms with E-state index in [4.69, 9.17) is 0 Å². The summed E-state index contributed by atoms with van der Waals surface area (Å²) in [5.41, 5.74) is 3.11. The second-order valence-electron chi connectivity index (χ2n) is 7.95. The van der Waals surface area contributed by atoms with Crippen LogP contribution in [0.1, 0.15) is 38.3 Å². The van der Waals surface area contributed by atoms with E-state index >= 15 is 0 Å². The zero-order chi connectivity index (χ0) is 18.2. The monoisotopic (exact) mass is 351 g/mol. The van der Waals surface area contributed by atoms with Crippen molar-refractivity contribution in [2.75, 3.05) is 6.54 Å². The maximum atomic E-state index is 13.1. The number of nitrogens with one attached hydrogen (secondary N) is 1. The minimum Gasteiger partial charge on any atom is -0.345 e.